The number of anilines is 1. The Kier molecular flexibility index (Phi) is 3.17. The number of aromatic amines is 1. The van der Waals surface area contributed by atoms with Gasteiger partial charge in [-0.15, -0.1) is 0 Å². The van der Waals surface area contributed by atoms with Crippen LogP contribution in [0, 0.1) is 5.92 Å². The van der Waals surface area contributed by atoms with Gasteiger partial charge in [0.25, 0.3) is 0 Å². The molecule has 1 aliphatic carbocycles. The molecule has 2 N–H and O–H groups in total. The summed E-state index contributed by atoms with van der Waals surface area (Å²) >= 11 is 0. The molecule has 0 atom stereocenters. The van der Waals surface area contributed by atoms with Crippen LogP contribution in [0.1, 0.15) is 19.3 Å². The Bertz CT molecular complexity index is 1160. The summed E-state index contributed by atoms with van der Waals surface area (Å²) in [5.41, 5.74) is 4.96. The summed E-state index contributed by atoms with van der Waals surface area (Å²) in [4.78, 5) is 9.36. The third kappa shape index (κ3) is 2.45. The lowest BCUT2D eigenvalue weighted by Gasteiger charge is -2.10. The molecule has 27 heavy (non-hydrogen) atoms. The Labute approximate surface area is 155 Å². The van der Waals surface area contributed by atoms with E-state index in [0.717, 1.165) is 76.9 Å². The highest BCUT2D eigenvalue weighted by atomic mass is 16.5. The predicted molar refractivity (Wildman–Crippen MR) is 104 cm³/mol. The monoisotopic (exact) mass is 360 g/mol. The van der Waals surface area contributed by atoms with E-state index in [1.165, 1.54) is 12.8 Å². The van der Waals surface area contributed by atoms with Gasteiger partial charge in [0.15, 0.2) is 5.65 Å². The number of pyridine rings is 1. The van der Waals surface area contributed by atoms with Crippen molar-refractivity contribution in [3.05, 3.63) is 30.6 Å². The van der Waals surface area contributed by atoms with Gasteiger partial charge in [-0.05, 0) is 37.3 Å². The largest absolute Gasteiger partial charge is 0.491 e. The van der Waals surface area contributed by atoms with Gasteiger partial charge in [0.1, 0.15) is 17.1 Å². The SMILES string of the molecule is c1cc(-c2nc3cc(NCC4CC4)cc4c3n2CCCO4)c2cn[nH]c2n1. The molecule has 0 spiro atoms. The molecule has 1 fully saturated rings. The molecule has 4 aromatic rings. The zero-order valence-corrected chi connectivity index (χ0v) is 14.9. The average Bonchev–Trinajstić information content (AvgIpc) is 3.33. The number of nitrogens with one attached hydrogen (secondary N) is 2. The Balaban J connectivity index is 1.54. The smallest absolute Gasteiger partial charge is 0.155 e. The van der Waals surface area contributed by atoms with Gasteiger partial charge in [0, 0.05) is 42.0 Å². The summed E-state index contributed by atoms with van der Waals surface area (Å²) in [6.45, 7) is 2.63. The van der Waals surface area contributed by atoms with Crippen LogP contribution in [-0.2, 0) is 6.54 Å². The van der Waals surface area contributed by atoms with Crippen molar-refractivity contribution >= 4 is 27.8 Å². The quantitative estimate of drug-likeness (QED) is 0.581. The van der Waals surface area contributed by atoms with Crippen molar-refractivity contribution in [2.24, 2.45) is 5.92 Å². The van der Waals surface area contributed by atoms with Crippen LogP contribution in [0.4, 0.5) is 5.69 Å². The zero-order chi connectivity index (χ0) is 17.8. The molecule has 4 heterocycles. The summed E-state index contributed by atoms with van der Waals surface area (Å²) in [5.74, 6) is 2.68. The van der Waals surface area contributed by atoms with Crippen LogP contribution in [0.15, 0.2) is 30.6 Å². The van der Waals surface area contributed by atoms with Crippen LogP contribution in [-0.4, -0.2) is 37.9 Å². The van der Waals surface area contributed by atoms with E-state index in [9.17, 15) is 0 Å². The number of hydrogen-bond acceptors (Lipinski definition) is 5. The van der Waals surface area contributed by atoms with Crippen LogP contribution in [0.3, 0.4) is 0 Å². The van der Waals surface area contributed by atoms with Gasteiger partial charge < -0.3 is 14.6 Å². The maximum Gasteiger partial charge on any atom is 0.155 e. The first-order chi connectivity index (χ1) is 13.4. The normalized spacial score (nSPS) is 16.4. The fourth-order valence-corrected chi connectivity index (χ4v) is 3.90. The number of aromatic nitrogens is 5. The van der Waals surface area contributed by atoms with E-state index < -0.39 is 0 Å². The van der Waals surface area contributed by atoms with Gasteiger partial charge in [-0.1, -0.05) is 0 Å². The van der Waals surface area contributed by atoms with Crippen molar-refractivity contribution in [1.29, 1.82) is 0 Å². The standard InChI is InChI=1S/C20H20N6O/c1-6-26-18-16(8-13(9-17(18)27-7-1)22-10-12-2-3-12)24-20(26)14-4-5-21-19-15(14)11-23-25-19/h4-5,8-9,11-12,22H,1-3,6-7,10H2,(H,21,23,25). The number of ether oxygens (including phenoxy) is 1. The van der Waals surface area contributed by atoms with Crippen molar-refractivity contribution in [1.82, 2.24) is 24.7 Å². The minimum absolute atomic E-state index is 0.722. The van der Waals surface area contributed by atoms with Gasteiger partial charge in [-0.3, -0.25) is 5.10 Å². The Morgan fingerprint density at radius 1 is 1.30 bits per heavy atom. The van der Waals surface area contributed by atoms with E-state index in [1.54, 1.807) is 6.20 Å². The van der Waals surface area contributed by atoms with Crippen molar-refractivity contribution in [3.63, 3.8) is 0 Å². The minimum atomic E-state index is 0.722. The summed E-state index contributed by atoms with van der Waals surface area (Å²) < 4.78 is 8.36. The first-order valence-corrected chi connectivity index (χ1v) is 9.56. The summed E-state index contributed by atoms with van der Waals surface area (Å²) in [5, 5.41) is 11.6. The molecule has 2 aliphatic rings. The summed E-state index contributed by atoms with van der Waals surface area (Å²) in [6.07, 6.45) is 7.25. The number of hydrogen-bond donors (Lipinski definition) is 2. The third-order valence-corrected chi connectivity index (χ3v) is 5.48. The van der Waals surface area contributed by atoms with Crippen molar-refractivity contribution in [2.45, 2.75) is 25.8 Å². The predicted octanol–water partition coefficient (Wildman–Crippen LogP) is 3.58. The first kappa shape index (κ1) is 15.0. The molecule has 0 bridgehead atoms. The van der Waals surface area contributed by atoms with Crippen molar-refractivity contribution in [2.75, 3.05) is 18.5 Å². The zero-order valence-electron chi connectivity index (χ0n) is 14.9. The Hall–Kier alpha value is -3.09. The van der Waals surface area contributed by atoms with Crippen LogP contribution < -0.4 is 10.1 Å². The molecule has 1 aliphatic heterocycles. The van der Waals surface area contributed by atoms with E-state index in [0.29, 0.717) is 0 Å². The highest BCUT2D eigenvalue weighted by molar-refractivity contribution is 5.95. The maximum absolute atomic E-state index is 6.07. The van der Waals surface area contributed by atoms with Gasteiger partial charge in [0.2, 0.25) is 0 Å². The van der Waals surface area contributed by atoms with E-state index in [-0.39, 0.29) is 0 Å². The number of imidazole rings is 1. The van der Waals surface area contributed by atoms with Gasteiger partial charge in [-0.2, -0.15) is 5.10 Å². The molecule has 0 amide bonds. The lowest BCUT2D eigenvalue weighted by atomic mass is 10.2. The van der Waals surface area contributed by atoms with E-state index in [2.05, 4.69) is 37.2 Å². The average molecular weight is 360 g/mol. The second-order valence-corrected chi connectivity index (χ2v) is 7.45. The fourth-order valence-electron chi connectivity index (χ4n) is 3.90. The number of fused-ring (bicyclic) bond motifs is 1. The lowest BCUT2D eigenvalue weighted by Crippen LogP contribution is -2.03. The topological polar surface area (TPSA) is 80.6 Å². The van der Waals surface area contributed by atoms with Gasteiger partial charge >= 0.3 is 0 Å². The Morgan fingerprint density at radius 3 is 3.19 bits per heavy atom. The molecular formula is C20H20N6O. The lowest BCUT2D eigenvalue weighted by molar-refractivity contribution is 0.316. The van der Waals surface area contributed by atoms with Crippen LogP contribution in [0.25, 0.3) is 33.5 Å². The van der Waals surface area contributed by atoms with Gasteiger partial charge in [0.05, 0.1) is 18.3 Å². The molecule has 7 heteroatoms. The molecule has 6 rings (SSSR count). The fraction of sp³-hybridized carbons (Fsp3) is 0.350. The number of benzene rings is 1. The second kappa shape index (κ2) is 5.70. The van der Waals surface area contributed by atoms with Crippen LogP contribution in [0.5, 0.6) is 5.75 Å². The molecule has 136 valence electrons. The second-order valence-electron chi connectivity index (χ2n) is 7.45. The molecule has 1 aromatic carbocycles. The van der Waals surface area contributed by atoms with Crippen molar-refractivity contribution < 1.29 is 4.74 Å². The first-order valence-electron chi connectivity index (χ1n) is 9.56. The minimum Gasteiger partial charge on any atom is -0.491 e. The van der Waals surface area contributed by atoms with E-state index in [1.807, 2.05) is 12.3 Å². The molecule has 7 nitrogen and oxygen atoms in total. The van der Waals surface area contributed by atoms with Gasteiger partial charge in [-0.25, -0.2) is 9.97 Å². The Morgan fingerprint density at radius 2 is 2.26 bits per heavy atom. The number of aryl methyl sites for hydroxylation is 1. The molecule has 1 saturated carbocycles. The third-order valence-electron chi connectivity index (χ3n) is 5.48. The summed E-state index contributed by atoms with van der Waals surface area (Å²) in [6, 6.07) is 6.28. The molecular weight excluding hydrogens is 340 g/mol. The summed E-state index contributed by atoms with van der Waals surface area (Å²) in [7, 11) is 0. The van der Waals surface area contributed by atoms with Crippen LogP contribution >= 0.6 is 0 Å². The maximum atomic E-state index is 6.07. The molecule has 0 saturated heterocycles. The molecule has 0 unspecified atom stereocenters. The molecule has 0 radical (unpaired) electrons. The highest BCUT2D eigenvalue weighted by Crippen LogP contribution is 2.37. The number of nitrogens with zero attached hydrogens (tertiary/aromatic N) is 4. The van der Waals surface area contributed by atoms with Crippen LogP contribution in [0.2, 0.25) is 0 Å². The number of rotatable bonds is 4. The van der Waals surface area contributed by atoms with E-state index in [4.69, 9.17) is 9.72 Å². The van der Waals surface area contributed by atoms with Crippen molar-refractivity contribution in [3.8, 4) is 17.1 Å². The van der Waals surface area contributed by atoms with E-state index >= 15 is 0 Å². The number of H-pyrrole nitrogens is 1. The molecule has 3 aromatic heterocycles. The highest BCUT2D eigenvalue weighted by Gasteiger charge is 2.23.